The molecule has 2 N–H and O–H groups in total. The van der Waals surface area contributed by atoms with E-state index in [1.54, 1.807) is 0 Å². The minimum atomic E-state index is -0.445. The summed E-state index contributed by atoms with van der Waals surface area (Å²) in [5.41, 5.74) is -0.307. The Bertz CT molecular complexity index is 489. The molecule has 1 saturated heterocycles. The average molecular weight is 351 g/mol. The van der Waals surface area contributed by atoms with Gasteiger partial charge in [0.2, 0.25) is 5.91 Å². The molecular formula is C20H34N2O3. The number of hydrogen-bond acceptors (Lipinski definition) is 4. The van der Waals surface area contributed by atoms with Crippen LogP contribution >= 0.6 is 0 Å². The minimum absolute atomic E-state index is 0.138. The third kappa shape index (κ3) is 3.74. The van der Waals surface area contributed by atoms with Crippen molar-refractivity contribution in [3.8, 4) is 0 Å². The molecule has 0 aromatic rings. The van der Waals surface area contributed by atoms with Crippen molar-refractivity contribution in [2.75, 3.05) is 32.8 Å². The van der Waals surface area contributed by atoms with Gasteiger partial charge in [-0.3, -0.25) is 9.69 Å². The fourth-order valence-corrected chi connectivity index (χ4v) is 6.55. The molecule has 4 bridgehead atoms. The molecule has 0 radical (unpaired) electrons. The van der Waals surface area contributed by atoms with E-state index in [0.717, 1.165) is 58.5 Å². The summed E-state index contributed by atoms with van der Waals surface area (Å²) in [6, 6.07) is 0.181. The minimum Gasteiger partial charge on any atom is -0.390 e. The van der Waals surface area contributed by atoms with Crippen molar-refractivity contribution in [1.82, 2.24) is 10.2 Å². The lowest BCUT2D eigenvalue weighted by Gasteiger charge is -2.62. The number of nitrogens with one attached hydrogen (secondary N) is 1. The molecule has 1 heterocycles. The van der Waals surface area contributed by atoms with Crippen LogP contribution in [0.2, 0.25) is 0 Å². The van der Waals surface area contributed by atoms with Crippen LogP contribution in [0.3, 0.4) is 0 Å². The summed E-state index contributed by atoms with van der Waals surface area (Å²) in [5.74, 6) is 1.53. The van der Waals surface area contributed by atoms with Crippen LogP contribution in [-0.2, 0) is 9.53 Å². The first-order chi connectivity index (χ1) is 12.0. The second-order valence-corrected chi connectivity index (χ2v) is 9.39. The van der Waals surface area contributed by atoms with Crippen molar-refractivity contribution >= 4 is 5.91 Å². The summed E-state index contributed by atoms with van der Waals surface area (Å²) < 4.78 is 5.36. The van der Waals surface area contributed by atoms with E-state index >= 15 is 0 Å². The van der Waals surface area contributed by atoms with Gasteiger partial charge in [0.25, 0.3) is 0 Å². The summed E-state index contributed by atoms with van der Waals surface area (Å²) in [6.45, 7) is 6.77. The van der Waals surface area contributed by atoms with E-state index in [1.807, 2.05) is 0 Å². The molecule has 1 amide bonds. The number of hydrogen-bond donors (Lipinski definition) is 2. The fraction of sp³-hybridized carbons (Fsp3) is 0.950. The van der Waals surface area contributed by atoms with E-state index in [2.05, 4.69) is 17.1 Å². The number of carbonyl (C=O) groups is 1. The van der Waals surface area contributed by atoms with Crippen LogP contribution in [0.5, 0.6) is 0 Å². The maximum Gasteiger partial charge on any atom is 0.220 e. The molecule has 3 atom stereocenters. The van der Waals surface area contributed by atoms with Gasteiger partial charge >= 0.3 is 0 Å². The van der Waals surface area contributed by atoms with Gasteiger partial charge in [0.05, 0.1) is 18.8 Å². The average Bonchev–Trinajstić information content (AvgIpc) is 2.53. The highest BCUT2D eigenvalue weighted by Crippen LogP contribution is 2.62. The third-order valence-electron chi connectivity index (χ3n) is 7.35. The molecule has 1 aliphatic heterocycles. The van der Waals surface area contributed by atoms with Gasteiger partial charge < -0.3 is 15.2 Å². The van der Waals surface area contributed by atoms with Gasteiger partial charge in [-0.1, -0.05) is 0 Å². The first kappa shape index (κ1) is 17.7. The molecule has 5 rings (SSSR count). The first-order valence-electron chi connectivity index (χ1n) is 10.3. The Labute approximate surface area is 151 Å². The molecule has 5 nitrogen and oxygen atoms in total. The zero-order valence-corrected chi connectivity index (χ0v) is 15.6. The normalized spacial score (nSPS) is 41.7. The van der Waals surface area contributed by atoms with Crippen molar-refractivity contribution in [1.29, 1.82) is 0 Å². The molecule has 0 unspecified atom stereocenters. The van der Waals surface area contributed by atoms with Gasteiger partial charge in [-0.2, -0.15) is 0 Å². The van der Waals surface area contributed by atoms with Crippen molar-refractivity contribution in [3.05, 3.63) is 0 Å². The number of amides is 1. The van der Waals surface area contributed by atoms with Crippen molar-refractivity contribution in [2.24, 2.45) is 17.3 Å². The monoisotopic (exact) mass is 350 g/mol. The fourth-order valence-electron chi connectivity index (χ4n) is 6.55. The van der Waals surface area contributed by atoms with Gasteiger partial charge in [-0.05, 0) is 75.7 Å². The summed E-state index contributed by atoms with van der Waals surface area (Å²) in [6.07, 6.45) is 8.08. The van der Waals surface area contributed by atoms with Crippen LogP contribution in [0.1, 0.15) is 58.3 Å². The van der Waals surface area contributed by atoms with Crippen LogP contribution in [0.4, 0.5) is 0 Å². The lowest BCUT2D eigenvalue weighted by Crippen LogP contribution is -2.61. The second-order valence-electron chi connectivity index (χ2n) is 9.39. The molecule has 0 spiro atoms. The number of nitrogens with zero attached hydrogens (tertiary/aromatic N) is 1. The van der Waals surface area contributed by atoms with Crippen LogP contribution in [0.15, 0.2) is 0 Å². The van der Waals surface area contributed by atoms with Gasteiger partial charge in [0.15, 0.2) is 0 Å². The molecule has 4 saturated carbocycles. The van der Waals surface area contributed by atoms with E-state index < -0.39 is 5.60 Å². The predicted molar refractivity (Wildman–Crippen MR) is 96.2 cm³/mol. The summed E-state index contributed by atoms with van der Waals surface area (Å²) in [4.78, 5) is 14.8. The highest BCUT2D eigenvalue weighted by atomic mass is 16.5. The maximum absolute atomic E-state index is 12.5. The van der Waals surface area contributed by atoms with Crippen molar-refractivity contribution in [2.45, 2.75) is 69.9 Å². The van der Waals surface area contributed by atoms with Crippen molar-refractivity contribution in [3.63, 3.8) is 0 Å². The largest absolute Gasteiger partial charge is 0.390 e. The lowest BCUT2D eigenvalue weighted by atomic mass is 9.46. The Kier molecular flexibility index (Phi) is 4.84. The predicted octanol–water partition coefficient (Wildman–Crippen LogP) is 1.93. The molecule has 5 aliphatic rings. The Balaban J connectivity index is 1.26. The first-order valence-corrected chi connectivity index (χ1v) is 10.3. The number of ether oxygens (including phenoxy) is 1. The molecule has 5 heteroatoms. The quantitative estimate of drug-likeness (QED) is 0.768. The van der Waals surface area contributed by atoms with Gasteiger partial charge in [0.1, 0.15) is 0 Å². The van der Waals surface area contributed by atoms with Crippen LogP contribution in [-0.4, -0.2) is 60.4 Å². The number of morpholine rings is 1. The van der Waals surface area contributed by atoms with Crippen LogP contribution in [0, 0.1) is 17.3 Å². The molecule has 4 aliphatic carbocycles. The third-order valence-corrected chi connectivity index (χ3v) is 7.35. The topological polar surface area (TPSA) is 61.8 Å². The SMILES string of the molecule is C[C@H](NC(=O)CCCN1CCOCC1)C12C[C@H]3C[C@@H](CC(O)(C3)C1)C2. The molecule has 0 aromatic carbocycles. The number of carbonyl (C=O) groups excluding carboxylic acids is 1. The molecule has 25 heavy (non-hydrogen) atoms. The second kappa shape index (κ2) is 6.82. The van der Waals surface area contributed by atoms with Gasteiger partial charge in [0, 0.05) is 25.6 Å². The Morgan fingerprint density at radius 1 is 1.24 bits per heavy atom. The van der Waals surface area contributed by atoms with E-state index in [0.29, 0.717) is 18.3 Å². The van der Waals surface area contributed by atoms with Gasteiger partial charge in [-0.25, -0.2) is 0 Å². The van der Waals surface area contributed by atoms with E-state index in [-0.39, 0.29) is 17.4 Å². The van der Waals surface area contributed by atoms with E-state index in [4.69, 9.17) is 4.74 Å². The maximum atomic E-state index is 12.5. The zero-order chi connectivity index (χ0) is 17.5. The Hall–Kier alpha value is -0.650. The van der Waals surface area contributed by atoms with Gasteiger partial charge in [-0.15, -0.1) is 0 Å². The zero-order valence-electron chi connectivity index (χ0n) is 15.6. The highest BCUT2D eigenvalue weighted by Gasteiger charge is 2.58. The summed E-state index contributed by atoms with van der Waals surface area (Å²) in [7, 11) is 0. The number of aliphatic hydroxyl groups is 1. The standard InChI is InChI=1S/C20H34N2O3/c1-15(21-18(23)3-2-4-22-5-7-25-8-6-22)19-10-16-9-17(11-19)13-20(24,12-16)14-19/h15-17,24H,2-14H2,1H3,(H,21,23)/t15-,16+,17+,19?,20?/m0/s1. The Morgan fingerprint density at radius 3 is 2.56 bits per heavy atom. The molecule has 142 valence electrons. The van der Waals surface area contributed by atoms with Crippen molar-refractivity contribution < 1.29 is 14.6 Å². The summed E-state index contributed by atoms with van der Waals surface area (Å²) >= 11 is 0. The molecule has 5 fully saturated rings. The highest BCUT2D eigenvalue weighted by molar-refractivity contribution is 5.76. The van der Waals surface area contributed by atoms with Crippen LogP contribution < -0.4 is 5.32 Å². The Morgan fingerprint density at radius 2 is 1.92 bits per heavy atom. The lowest BCUT2D eigenvalue weighted by molar-refractivity contribution is -0.173. The van der Waals surface area contributed by atoms with Crippen LogP contribution in [0.25, 0.3) is 0 Å². The molecule has 0 aromatic heterocycles. The van der Waals surface area contributed by atoms with E-state index in [1.165, 1.54) is 19.3 Å². The number of rotatable bonds is 6. The summed E-state index contributed by atoms with van der Waals surface area (Å²) in [5, 5.41) is 14.2. The molecular weight excluding hydrogens is 316 g/mol. The van der Waals surface area contributed by atoms with E-state index in [9.17, 15) is 9.90 Å². The smallest absolute Gasteiger partial charge is 0.220 e.